The van der Waals surface area contributed by atoms with Crippen molar-refractivity contribution in [1.29, 1.82) is 0 Å². The fourth-order valence-electron chi connectivity index (χ4n) is 2.31. The summed E-state index contributed by atoms with van der Waals surface area (Å²) in [6.07, 6.45) is 1.09. The van der Waals surface area contributed by atoms with E-state index in [1.165, 1.54) is 10.5 Å². The molecular weight excluding hydrogens is 424 g/mol. The van der Waals surface area contributed by atoms with Crippen molar-refractivity contribution in [1.82, 2.24) is 0 Å². The average Bonchev–Trinajstić information content (AvgIpc) is 2.42. The highest BCUT2D eigenvalue weighted by atomic mass is 127. The van der Waals surface area contributed by atoms with Crippen LogP contribution in [0.1, 0.15) is 18.0 Å². The fraction of sp³-hybridized carbons (Fsp3) is 0.200. The van der Waals surface area contributed by atoms with Gasteiger partial charge in [-0.25, -0.2) is 0 Å². The third-order valence-corrected chi connectivity index (χ3v) is 5.76. The van der Waals surface area contributed by atoms with Gasteiger partial charge in [0.2, 0.25) is 0 Å². The van der Waals surface area contributed by atoms with Crippen LogP contribution in [0.4, 0.5) is 5.69 Å². The molecule has 0 amide bonds. The first-order valence-corrected chi connectivity index (χ1v) is 9.09. The maximum atomic E-state index is 6.14. The first-order valence-electron chi connectivity index (χ1n) is 6.27. The zero-order chi connectivity index (χ0) is 14.1. The Balaban J connectivity index is 1.91. The molecule has 3 rings (SSSR count). The molecule has 0 saturated heterocycles. The third kappa shape index (κ3) is 3.21. The lowest BCUT2D eigenvalue weighted by Gasteiger charge is -2.27. The molecule has 1 unspecified atom stereocenters. The van der Waals surface area contributed by atoms with Crippen LogP contribution in [0.3, 0.4) is 0 Å². The SMILES string of the molecule is Clc1ccc(NC2CCSc3ccc(Cl)cc32)c(I)c1. The van der Waals surface area contributed by atoms with Crippen LogP contribution in [0.25, 0.3) is 0 Å². The molecule has 1 nitrogen and oxygen atoms in total. The number of fused-ring (bicyclic) bond motifs is 1. The van der Waals surface area contributed by atoms with Crippen LogP contribution >= 0.6 is 57.6 Å². The number of halogens is 3. The number of thioether (sulfide) groups is 1. The van der Waals surface area contributed by atoms with Gasteiger partial charge in [0.25, 0.3) is 0 Å². The van der Waals surface area contributed by atoms with Gasteiger partial charge < -0.3 is 5.32 Å². The van der Waals surface area contributed by atoms with E-state index in [1.807, 2.05) is 36.0 Å². The van der Waals surface area contributed by atoms with Crippen LogP contribution in [0.15, 0.2) is 41.3 Å². The van der Waals surface area contributed by atoms with Gasteiger partial charge in [-0.05, 0) is 71.0 Å². The van der Waals surface area contributed by atoms with E-state index in [9.17, 15) is 0 Å². The molecular formula is C15H12Cl2INS. The summed E-state index contributed by atoms with van der Waals surface area (Å²) in [7, 11) is 0. The first-order chi connectivity index (χ1) is 9.63. The summed E-state index contributed by atoms with van der Waals surface area (Å²) < 4.78 is 1.14. The highest BCUT2D eigenvalue weighted by molar-refractivity contribution is 14.1. The van der Waals surface area contributed by atoms with E-state index in [4.69, 9.17) is 23.2 Å². The van der Waals surface area contributed by atoms with Crippen LogP contribution in [0.5, 0.6) is 0 Å². The molecule has 0 saturated carbocycles. The van der Waals surface area contributed by atoms with Crippen molar-refractivity contribution < 1.29 is 0 Å². The van der Waals surface area contributed by atoms with Gasteiger partial charge in [0.1, 0.15) is 0 Å². The lowest BCUT2D eigenvalue weighted by Crippen LogP contribution is -2.16. The second-order valence-corrected chi connectivity index (χ2v) is 7.81. The number of benzene rings is 2. The lowest BCUT2D eigenvalue weighted by molar-refractivity contribution is 0.728. The molecule has 5 heteroatoms. The molecule has 1 aliphatic heterocycles. The van der Waals surface area contributed by atoms with Crippen molar-refractivity contribution in [2.24, 2.45) is 0 Å². The number of hydrogen-bond acceptors (Lipinski definition) is 2. The monoisotopic (exact) mass is 435 g/mol. The van der Waals surface area contributed by atoms with Crippen molar-refractivity contribution in [3.63, 3.8) is 0 Å². The molecule has 2 aromatic carbocycles. The Labute approximate surface area is 146 Å². The van der Waals surface area contributed by atoms with E-state index in [-0.39, 0.29) is 0 Å². The van der Waals surface area contributed by atoms with Crippen molar-refractivity contribution >= 4 is 63.2 Å². The molecule has 1 aliphatic rings. The number of hydrogen-bond donors (Lipinski definition) is 1. The Morgan fingerprint density at radius 1 is 1.10 bits per heavy atom. The van der Waals surface area contributed by atoms with Crippen LogP contribution in [-0.4, -0.2) is 5.75 Å². The molecule has 20 heavy (non-hydrogen) atoms. The van der Waals surface area contributed by atoms with Gasteiger partial charge >= 0.3 is 0 Å². The molecule has 104 valence electrons. The molecule has 1 N–H and O–H groups in total. The Morgan fingerprint density at radius 2 is 1.85 bits per heavy atom. The second kappa shape index (κ2) is 6.34. The van der Waals surface area contributed by atoms with Crippen LogP contribution in [0.2, 0.25) is 10.0 Å². The van der Waals surface area contributed by atoms with E-state index in [0.29, 0.717) is 6.04 Å². The average molecular weight is 436 g/mol. The lowest BCUT2D eigenvalue weighted by atomic mass is 10.0. The summed E-state index contributed by atoms with van der Waals surface area (Å²) in [5.41, 5.74) is 2.41. The number of nitrogens with one attached hydrogen (secondary N) is 1. The van der Waals surface area contributed by atoms with Crippen molar-refractivity contribution in [3.8, 4) is 0 Å². The Hall–Kier alpha value is -0.100. The Kier molecular flexibility index (Phi) is 4.70. The van der Waals surface area contributed by atoms with Crippen LogP contribution < -0.4 is 5.32 Å². The summed E-state index contributed by atoms with van der Waals surface area (Å²) in [4.78, 5) is 1.32. The predicted octanol–water partition coefficient (Wildman–Crippen LogP) is 6.25. The Morgan fingerprint density at radius 3 is 2.65 bits per heavy atom. The van der Waals surface area contributed by atoms with Gasteiger partial charge in [-0.15, -0.1) is 11.8 Å². The minimum absolute atomic E-state index is 0.305. The molecule has 1 atom stereocenters. The van der Waals surface area contributed by atoms with E-state index in [1.54, 1.807) is 0 Å². The van der Waals surface area contributed by atoms with Gasteiger partial charge in [0, 0.05) is 30.0 Å². The fourth-order valence-corrected chi connectivity index (χ4v) is 4.62. The summed E-state index contributed by atoms with van der Waals surface area (Å²) in [5, 5.41) is 5.18. The van der Waals surface area contributed by atoms with E-state index in [2.05, 4.69) is 40.0 Å². The predicted molar refractivity (Wildman–Crippen MR) is 97.3 cm³/mol. The first kappa shape index (κ1) is 14.8. The van der Waals surface area contributed by atoms with Gasteiger partial charge in [0.15, 0.2) is 0 Å². The standard InChI is InChI=1S/C15H12Cl2INS/c16-9-2-4-15-11(7-9)13(5-6-20-15)19-14-3-1-10(17)8-12(14)18/h1-4,7-8,13,19H,5-6H2. The molecule has 1 heterocycles. The highest BCUT2D eigenvalue weighted by Gasteiger charge is 2.21. The maximum Gasteiger partial charge on any atom is 0.0533 e. The molecule has 0 aromatic heterocycles. The molecule has 0 spiro atoms. The normalized spacial score (nSPS) is 17.6. The van der Waals surface area contributed by atoms with E-state index in [0.717, 1.165) is 31.5 Å². The van der Waals surface area contributed by atoms with Crippen LogP contribution in [-0.2, 0) is 0 Å². The Bertz CT molecular complexity index is 648. The van der Waals surface area contributed by atoms with Crippen molar-refractivity contribution in [2.75, 3.05) is 11.1 Å². The molecule has 0 aliphatic carbocycles. The molecule has 2 aromatic rings. The van der Waals surface area contributed by atoms with Crippen molar-refractivity contribution in [2.45, 2.75) is 17.4 Å². The summed E-state index contributed by atoms with van der Waals surface area (Å²) in [6.45, 7) is 0. The summed E-state index contributed by atoms with van der Waals surface area (Å²) >= 11 is 16.4. The minimum atomic E-state index is 0.305. The summed E-state index contributed by atoms with van der Waals surface area (Å²) in [6, 6.07) is 12.4. The zero-order valence-corrected chi connectivity index (χ0v) is 15.0. The number of anilines is 1. The van der Waals surface area contributed by atoms with E-state index < -0.39 is 0 Å². The zero-order valence-electron chi connectivity index (χ0n) is 10.5. The molecule has 0 fully saturated rings. The van der Waals surface area contributed by atoms with Gasteiger partial charge in [-0.3, -0.25) is 0 Å². The second-order valence-electron chi connectivity index (χ2n) is 4.64. The molecule has 0 bridgehead atoms. The number of rotatable bonds is 2. The van der Waals surface area contributed by atoms with Crippen LogP contribution in [0, 0.1) is 3.57 Å². The largest absolute Gasteiger partial charge is 0.377 e. The topological polar surface area (TPSA) is 12.0 Å². The van der Waals surface area contributed by atoms with Gasteiger partial charge in [-0.2, -0.15) is 0 Å². The minimum Gasteiger partial charge on any atom is -0.377 e. The smallest absolute Gasteiger partial charge is 0.0533 e. The quantitative estimate of drug-likeness (QED) is 0.559. The third-order valence-electron chi connectivity index (χ3n) is 3.27. The summed E-state index contributed by atoms with van der Waals surface area (Å²) in [5.74, 6) is 1.12. The highest BCUT2D eigenvalue weighted by Crippen LogP contribution is 2.39. The van der Waals surface area contributed by atoms with E-state index >= 15 is 0 Å². The maximum absolute atomic E-state index is 6.14. The molecule has 0 radical (unpaired) electrons. The van der Waals surface area contributed by atoms with Crippen molar-refractivity contribution in [3.05, 3.63) is 55.6 Å². The van der Waals surface area contributed by atoms with Gasteiger partial charge in [0.05, 0.1) is 6.04 Å². The van der Waals surface area contributed by atoms with Gasteiger partial charge in [-0.1, -0.05) is 23.2 Å².